The Hall–Kier alpha value is -1.45. The Morgan fingerprint density at radius 1 is 1.75 bits per heavy atom. The topological polar surface area (TPSA) is 59.5 Å². The van der Waals surface area contributed by atoms with E-state index >= 15 is 0 Å². The molecule has 0 saturated carbocycles. The van der Waals surface area contributed by atoms with Gasteiger partial charge in [0.05, 0.1) is 12.8 Å². The maximum absolute atomic E-state index is 10.8. The lowest BCUT2D eigenvalue weighted by Crippen LogP contribution is -2.34. The Kier molecular flexibility index (Phi) is 2.74. The minimum atomic E-state index is -0.422. The van der Waals surface area contributed by atoms with Crippen molar-refractivity contribution < 1.29 is 9.21 Å². The summed E-state index contributed by atoms with van der Waals surface area (Å²) >= 11 is 0. The zero-order valence-electron chi connectivity index (χ0n) is 6.99. The zero-order chi connectivity index (χ0) is 8.97. The molecule has 12 heavy (non-hydrogen) atoms. The van der Waals surface area contributed by atoms with Gasteiger partial charge < -0.3 is 15.1 Å². The first-order valence-electron chi connectivity index (χ1n) is 3.80. The fourth-order valence-corrected chi connectivity index (χ4v) is 0.936. The second kappa shape index (κ2) is 3.80. The Morgan fingerprint density at radius 2 is 2.50 bits per heavy atom. The van der Waals surface area contributed by atoms with Crippen molar-refractivity contribution >= 4 is 6.03 Å². The molecule has 0 aliphatic heterocycles. The third-order valence-electron chi connectivity index (χ3n) is 1.62. The molecule has 1 heterocycles. The Bertz CT molecular complexity index is 244. The van der Waals surface area contributed by atoms with Crippen LogP contribution in [0.5, 0.6) is 0 Å². The van der Waals surface area contributed by atoms with E-state index in [1.807, 2.05) is 13.0 Å². The van der Waals surface area contributed by atoms with E-state index in [2.05, 4.69) is 0 Å². The standard InChI is InChI=1S/C8H12N2O2/c1-2-10(8(9)11)6-7-4-3-5-12-7/h3-5H,2,6H2,1H3,(H2,9,11). The number of carbonyl (C=O) groups excluding carboxylic acids is 1. The summed E-state index contributed by atoms with van der Waals surface area (Å²) in [5.74, 6) is 0.746. The third-order valence-corrected chi connectivity index (χ3v) is 1.62. The van der Waals surface area contributed by atoms with Crippen LogP contribution in [0.1, 0.15) is 12.7 Å². The monoisotopic (exact) mass is 168 g/mol. The molecule has 1 aromatic rings. The van der Waals surface area contributed by atoms with Gasteiger partial charge in [-0.15, -0.1) is 0 Å². The van der Waals surface area contributed by atoms with Gasteiger partial charge in [0, 0.05) is 6.54 Å². The first-order valence-corrected chi connectivity index (χ1v) is 3.80. The van der Waals surface area contributed by atoms with E-state index in [0.717, 1.165) is 5.76 Å². The van der Waals surface area contributed by atoms with Crippen LogP contribution < -0.4 is 5.73 Å². The number of nitrogens with zero attached hydrogens (tertiary/aromatic N) is 1. The molecular weight excluding hydrogens is 156 g/mol. The van der Waals surface area contributed by atoms with Gasteiger partial charge in [-0.05, 0) is 19.1 Å². The van der Waals surface area contributed by atoms with Crippen molar-refractivity contribution in [3.05, 3.63) is 24.2 Å². The van der Waals surface area contributed by atoms with Crippen molar-refractivity contribution in [2.24, 2.45) is 5.73 Å². The van der Waals surface area contributed by atoms with E-state index in [4.69, 9.17) is 10.2 Å². The van der Waals surface area contributed by atoms with Crippen molar-refractivity contribution in [3.8, 4) is 0 Å². The Balaban J connectivity index is 2.54. The molecule has 4 heteroatoms. The van der Waals surface area contributed by atoms with Gasteiger partial charge in [0.2, 0.25) is 0 Å². The molecule has 0 unspecified atom stereocenters. The number of primary amides is 1. The molecule has 0 aliphatic carbocycles. The van der Waals surface area contributed by atoms with Gasteiger partial charge in [0.15, 0.2) is 0 Å². The molecule has 1 aromatic heterocycles. The predicted molar refractivity (Wildman–Crippen MR) is 44.4 cm³/mol. The molecule has 0 aromatic carbocycles. The summed E-state index contributed by atoms with van der Waals surface area (Å²) in [5, 5.41) is 0. The molecule has 66 valence electrons. The number of amides is 2. The Labute approximate surface area is 70.9 Å². The van der Waals surface area contributed by atoms with Crippen LogP contribution in [0.3, 0.4) is 0 Å². The second-order valence-corrected chi connectivity index (χ2v) is 2.43. The van der Waals surface area contributed by atoms with Gasteiger partial charge in [0.1, 0.15) is 5.76 Å². The number of nitrogens with two attached hydrogens (primary N) is 1. The van der Waals surface area contributed by atoms with E-state index < -0.39 is 6.03 Å². The van der Waals surface area contributed by atoms with Crippen molar-refractivity contribution in [2.75, 3.05) is 6.54 Å². The van der Waals surface area contributed by atoms with Gasteiger partial charge in [0.25, 0.3) is 0 Å². The van der Waals surface area contributed by atoms with E-state index in [-0.39, 0.29) is 0 Å². The number of rotatable bonds is 3. The van der Waals surface area contributed by atoms with E-state index in [0.29, 0.717) is 13.1 Å². The first kappa shape index (κ1) is 8.64. The van der Waals surface area contributed by atoms with Gasteiger partial charge in [-0.3, -0.25) is 0 Å². The lowest BCUT2D eigenvalue weighted by molar-refractivity contribution is 0.203. The van der Waals surface area contributed by atoms with Crippen molar-refractivity contribution in [3.63, 3.8) is 0 Å². The van der Waals surface area contributed by atoms with Crippen LogP contribution in [0.25, 0.3) is 0 Å². The summed E-state index contributed by atoms with van der Waals surface area (Å²) in [6, 6.07) is 3.17. The molecule has 0 radical (unpaired) electrons. The summed E-state index contributed by atoms with van der Waals surface area (Å²) in [6.45, 7) is 2.91. The molecule has 0 spiro atoms. The Morgan fingerprint density at radius 3 is 2.92 bits per heavy atom. The number of furan rings is 1. The lowest BCUT2D eigenvalue weighted by Gasteiger charge is -2.15. The molecule has 2 amide bonds. The van der Waals surface area contributed by atoms with Gasteiger partial charge in [-0.1, -0.05) is 0 Å². The highest BCUT2D eigenvalue weighted by molar-refractivity contribution is 5.71. The van der Waals surface area contributed by atoms with Crippen LogP contribution >= 0.6 is 0 Å². The van der Waals surface area contributed by atoms with Crippen LogP contribution in [-0.4, -0.2) is 17.5 Å². The summed E-state index contributed by atoms with van der Waals surface area (Å²) in [6.07, 6.45) is 1.57. The average molecular weight is 168 g/mol. The van der Waals surface area contributed by atoms with E-state index in [9.17, 15) is 4.79 Å². The second-order valence-electron chi connectivity index (χ2n) is 2.43. The van der Waals surface area contributed by atoms with Crippen molar-refractivity contribution in [2.45, 2.75) is 13.5 Å². The molecule has 0 aliphatic rings. The summed E-state index contributed by atoms with van der Waals surface area (Å²) in [4.78, 5) is 12.3. The zero-order valence-corrected chi connectivity index (χ0v) is 6.99. The minimum absolute atomic E-state index is 0.422. The summed E-state index contributed by atoms with van der Waals surface area (Å²) in [5.41, 5.74) is 5.11. The van der Waals surface area contributed by atoms with Crippen LogP contribution in [0, 0.1) is 0 Å². The smallest absolute Gasteiger partial charge is 0.315 e. The van der Waals surface area contributed by atoms with E-state index in [1.165, 1.54) is 4.90 Å². The largest absolute Gasteiger partial charge is 0.467 e. The maximum atomic E-state index is 10.8. The fourth-order valence-electron chi connectivity index (χ4n) is 0.936. The molecule has 1 rings (SSSR count). The normalized spacial score (nSPS) is 9.75. The summed E-state index contributed by atoms with van der Waals surface area (Å²) in [7, 11) is 0. The third kappa shape index (κ3) is 2.02. The predicted octanol–water partition coefficient (Wildman–Crippen LogP) is 1.18. The van der Waals surface area contributed by atoms with Crippen LogP contribution in [-0.2, 0) is 6.54 Å². The molecule has 4 nitrogen and oxygen atoms in total. The van der Waals surface area contributed by atoms with Crippen molar-refractivity contribution in [1.29, 1.82) is 0 Å². The highest BCUT2D eigenvalue weighted by Gasteiger charge is 2.08. The van der Waals surface area contributed by atoms with Crippen LogP contribution in [0.2, 0.25) is 0 Å². The highest BCUT2D eigenvalue weighted by Crippen LogP contribution is 2.04. The highest BCUT2D eigenvalue weighted by atomic mass is 16.3. The number of hydrogen-bond acceptors (Lipinski definition) is 2. The molecule has 2 N–H and O–H groups in total. The molecule has 0 atom stereocenters. The molecule has 0 bridgehead atoms. The van der Waals surface area contributed by atoms with Crippen molar-refractivity contribution in [1.82, 2.24) is 4.90 Å². The maximum Gasteiger partial charge on any atom is 0.315 e. The first-order chi connectivity index (χ1) is 5.74. The van der Waals surface area contributed by atoms with Crippen LogP contribution in [0.15, 0.2) is 22.8 Å². The van der Waals surface area contributed by atoms with Gasteiger partial charge in [-0.2, -0.15) is 0 Å². The quantitative estimate of drug-likeness (QED) is 0.736. The average Bonchev–Trinajstić information content (AvgIpc) is 2.51. The van der Waals surface area contributed by atoms with Crippen LogP contribution in [0.4, 0.5) is 4.79 Å². The molecule has 0 saturated heterocycles. The van der Waals surface area contributed by atoms with Gasteiger partial charge >= 0.3 is 6.03 Å². The molecule has 0 fully saturated rings. The fraction of sp³-hybridized carbons (Fsp3) is 0.375. The molecular formula is C8H12N2O2. The lowest BCUT2D eigenvalue weighted by atomic mass is 10.4. The number of urea groups is 1. The minimum Gasteiger partial charge on any atom is -0.467 e. The summed E-state index contributed by atoms with van der Waals surface area (Å²) < 4.78 is 5.07. The SMILES string of the molecule is CCN(Cc1ccco1)C(N)=O. The number of carbonyl (C=O) groups is 1. The van der Waals surface area contributed by atoms with Gasteiger partial charge in [-0.25, -0.2) is 4.79 Å². The number of hydrogen-bond donors (Lipinski definition) is 1. The van der Waals surface area contributed by atoms with E-state index in [1.54, 1.807) is 12.3 Å².